The van der Waals surface area contributed by atoms with Crippen molar-refractivity contribution in [1.82, 2.24) is 35.2 Å². The summed E-state index contributed by atoms with van der Waals surface area (Å²) in [7, 11) is 1.80. The molecule has 1 aromatic carbocycles. The van der Waals surface area contributed by atoms with Crippen LogP contribution in [-0.2, 0) is 29.1 Å². The first-order valence-electron chi connectivity index (χ1n) is 11.5. The Bertz CT molecular complexity index is 1380. The summed E-state index contributed by atoms with van der Waals surface area (Å²) in [6.45, 7) is 2.83. The summed E-state index contributed by atoms with van der Waals surface area (Å²) in [6, 6.07) is 4.01. The first kappa shape index (κ1) is 23.3. The average molecular weight is 489 g/mol. The second-order valence-corrected chi connectivity index (χ2v) is 8.88. The highest BCUT2D eigenvalue weighted by atomic mass is 16.2. The lowest BCUT2D eigenvalue weighted by Gasteiger charge is -2.28. The fourth-order valence-corrected chi connectivity index (χ4v) is 4.53. The molecule has 2 aromatic heterocycles. The Morgan fingerprint density at radius 3 is 2.72 bits per heavy atom. The molecule has 1 saturated heterocycles. The van der Waals surface area contributed by atoms with E-state index >= 15 is 0 Å². The number of fused-ring (bicyclic) bond motifs is 1. The number of carbonyl (C=O) groups excluding carboxylic acids is 4. The van der Waals surface area contributed by atoms with Gasteiger partial charge in [0.25, 0.3) is 11.8 Å². The third-order valence-corrected chi connectivity index (χ3v) is 6.24. The summed E-state index contributed by atoms with van der Waals surface area (Å²) in [5.74, 6) is -2.13. The molecule has 0 radical (unpaired) electrons. The van der Waals surface area contributed by atoms with Gasteiger partial charge in [0.15, 0.2) is 0 Å². The van der Waals surface area contributed by atoms with Crippen molar-refractivity contribution in [2.45, 2.75) is 45.3 Å². The van der Waals surface area contributed by atoms with Crippen LogP contribution in [0.3, 0.4) is 0 Å². The van der Waals surface area contributed by atoms with Gasteiger partial charge in [-0.15, -0.1) is 5.10 Å². The summed E-state index contributed by atoms with van der Waals surface area (Å²) in [4.78, 5) is 61.6. The molecular formula is C24H24N8O4. The van der Waals surface area contributed by atoms with Crippen LogP contribution in [0.2, 0.25) is 0 Å². The topological polar surface area (TPSA) is 143 Å². The van der Waals surface area contributed by atoms with Gasteiger partial charge in [-0.1, -0.05) is 11.3 Å². The van der Waals surface area contributed by atoms with Gasteiger partial charge in [0.1, 0.15) is 11.7 Å². The first-order valence-corrected chi connectivity index (χ1v) is 11.5. The molecule has 1 fully saturated rings. The minimum Gasteiger partial charge on any atom is -0.368 e. The molecule has 0 saturated carbocycles. The number of nitrogens with one attached hydrogen (secondary N) is 1. The van der Waals surface area contributed by atoms with E-state index in [1.165, 1.54) is 0 Å². The molecule has 184 valence electrons. The van der Waals surface area contributed by atoms with E-state index in [0.717, 1.165) is 16.3 Å². The maximum atomic E-state index is 13.3. The van der Waals surface area contributed by atoms with Gasteiger partial charge in [0, 0.05) is 38.8 Å². The van der Waals surface area contributed by atoms with Gasteiger partial charge in [-0.2, -0.15) is 0 Å². The number of amides is 4. The minimum absolute atomic E-state index is 0.0721. The quantitative estimate of drug-likeness (QED) is 0.474. The summed E-state index contributed by atoms with van der Waals surface area (Å²) in [5, 5.41) is 10.6. The van der Waals surface area contributed by atoms with E-state index in [9.17, 15) is 19.2 Å². The number of anilines is 1. The maximum Gasteiger partial charge on any atom is 0.264 e. The van der Waals surface area contributed by atoms with Crippen LogP contribution in [0.25, 0.3) is 0 Å². The van der Waals surface area contributed by atoms with Crippen molar-refractivity contribution in [2.24, 2.45) is 0 Å². The van der Waals surface area contributed by atoms with Crippen molar-refractivity contribution in [3.8, 4) is 0 Å². The fourth-order valence-electron chi connectivity index (χ4n) is 4.53. The molecule has 0 aliphatic carbocycles. The van der Waals surface area contributed by atoms with Crippen molar-refractivity contribution in [1.29, 1.82) is 0 Å². The molecule has 3 aromatic rings. The highest BCUT2D eigenvalue weighted by Gasteiger charge is 2.45. The Kier molecular flexibility index (Phi) is 6.00. The smallest absolute Gasteiger partial charge is 0.264 e. The molecule has 0 bridgehead atoms. The zero-order valence-electron chi connectivity index (χ0n) is 19.8. The molecule has 1 atom stereocenters. The van der Waals surface area contributed by atoms with E-state index < -0.39 is 29.7 Å². The van der Waals surface area contributed by atoms with Crippen LogP contribution in [0.5, 0.6) is 0 Å². The van der Waals surface area contributed by atoms with Crippen molar-refractivity contribution >= 4 is 29.3 Å². The number of hydrogen-bond acceptors (Lipinski definition) is 9. The summed E-state index contributed by atoms with van der Waals surface area (Å²) >= 11 is 0. The SMILES string of the molecule is Cc1cncc(CCn2cc(CN(C)c3cccc4c3C(=O)N(C3CCC(=O)NC3=O)C4=O)nn2)n1. The number of aryl methyl sites for hydroxylation is 3. The number of carbonyl (C=O) groups is 4. The Balaban J connectivity index is 1.31. The lowest BCUT2D eigenvalue weighted by Crippen LogP contribution is -2.54. The van der Waals surface area contributed by atoms with Gasteiger partial charge in [0.2, 0.25) is 11.8 Å². The number of hydrogen-bond donors (Lipinski definition) is 1. The summed E-state index contributed by atoms with van der Waals surface area (Å²) in [6.07, 6.45) is 6.10. The van der Waals surface area contributed by atoms with Crippen molar-refractivity contribution in [3.63, 3.8) is 0 Å². The van der Waals surface area contributed by atoms with Crippen LogP contribution >= 0.6 is 0 Å². The highest BCUT2D eigenvalue weighted by molar-refractivity contribution is 6.25. The average Bonchev–Trinajstić information content (AvgIpc) is 3.40. The molecule has 5 rings (SSSR count). The molecule has 36 heavy (non-hydrogen) atoms. The number of benzene rings is 1. The number of imide groups is 2. The van der Waals surface area contributed by atoms with Gasteiger partial charge in [-0.05, 0) is 25.5 Å². The Labute approximate surface area is 206 Å². The van der Waals surface area contributed by atoms with Crippen LogP contribution in [0.4, 0.5) is 5.69 Å². The Morgan fingerprint density at radius 1 is 1.11 bits per heavy atom. The van der Waals surface area contributed by atoms with E-state index in [1.807, 2.05) is 18.0 Å². The lowest BCUT2D eigenvalue weighted by atomic mass is 10.0. The molecule has 2 aliphatic rings. The predicted molar refractivity (Wildman–Crippen MR) is 126 cm³/mol. The van der Waals surface area contributed by atoms with Crippen LogP contribution < -0.4 is 10.2 Å². The van der Waals surface area contributed by atoms with E-state index in [4.69, 9.17) is 0 Å². The monoisotopic (exact) mass is 488 g/mol. The van der Waals surface area contributed by atoms with E-state index in [2.05, 4.69) is 25.6 Å². The molecule has 1 N–H and O–H groups in total. The molecular weight excluding hydrogens is 464 g/mol. The number of aromatic nitrogens is 5. The second-order valence-electron chi connectivity index (χ2n) is 8.88. The van der Waals surface area contributed by atoms with Crippen LogP contribution in [0.15, 0.2) is 36.8 Å². The Morgan fingerprint density at radius 2 is 1.94 bits per heavy atom. The molecule has 2 aliphatic heterocycles. The van der Waals surface area contributed by atoms with Gasteiger partial charge in [-0.3, -0.25) is 44.0 Å². The number of piperidine rings is 1. The summed E-state index contributed by atoms with van der Waals surface area (Å²) < 4.78 is 1.72. The second kappa shape index (κ2) is 9.29. The molecule has 12 nitrogen and oxygen atoms in total. The molecule has 4 amide bonds. The molecule has 4 heterocycles. The van der Waals surface area contributed by atoms with Crippen LogP contribution in [-0.4, -0.2) is 66.6 Å². The highest BCUT2D eigenvalue weighted by Crippen LogP contribution is 2.34. The van der Waals surface area contributed by atoms with Gasteiger partial charge in [-0.25, -0.2) is 0 Å². The van der Waals surface area contributed by atoms with E-state index in [0.29, 0.717) is 30.9 Å². The molecule has 12 heteroatoms. The van der Waals surface area contributed by atoms with E-state index in [-0.39, 0.29) is 24.0 Å². The van der Waals surface area contributed by atoms with Gasteiger partial charge >= 0.3 is 0 Å². The first-order chi connectivity index (χ1) is 17.3. The van der Waals surface area contributed by atoms with Crippen LogP contribution in [0.1, 0.15) is 50.6 Å². The van der Waals surface area contributed by atoms with Crippen LogP contribution in [0, 0.1) is 6.92 Å². The standard InChI is InChI=1S/C24H24N8O4/c1-14-10-25-11-15(26-14)8-9-31-13-16(28-29-31)12-30(2)18-5-3-4-17-21(18)24(36)32(23(17)35)19-6-7-20(33)27-22(19)34/h3-5,10-11,13,19H,6-9,12H2,1-2H3,(H,27,33,34). The maximum absolute atomic E-state index is 13.3. The zero-order chi connectivity index (χ0) is 25.4. The number of nitrogens with zero attached hydrogens (tertiary/aromatic N) is 7. The predicted octanol–water partition coefficient (Wildman–Crippen LogP) is 0.657. The molecule has 1 unspecified atom stereocenters. The fraction of sp³-hybridized carbons (Fsp3) is 0.333. The lowest BCUT2D eigenvalue weighted by molar-refractivity contribution is -0.136. The number of rotatable bonds is 7. The minimum atomic E-state index is -1.01. The largest absolute Gasteiger partial charge is 0.368 e. The Hall–Kier alpha value is -4.48. The normalized spacial score (nSPS) is 17.4. The zero-order valence-corrected chi connectivity index (χ0v) is 19.8. The van der Waals surface area contributed by atoms with Gasteiger partial charge < -0.3 is 4.90 Å². The third kappa shape index (κ3) is 4.32. The van der Waals surface area contributed by atoms with Gasteiger partial charge in [0.05, 0.1) is 40.9 Å². The van der Waals surface area contributed by atoms with E-state index in [1.54, 1.807) is 42.3 Å². The summed E-state index contributed by atoms with van der Waals surface area (Å²) in [5.41, 5.74) is 3.42. The van der Waals surface area contributed by atoms with Crippen molar-refractivity contribution in [3.05, 3.63) is 65.0 Å². The van der Waals surface area contributed by atoms with Crippen molar-refractivity contribution in [2.75, 3.05) is 11.9 Å². The molecule has 0 spiro atoms. The third-order valence-electron chi connectivity index (χ3n) is 6.24. The van der Waals surface area contributed by atoms with Crippen molar-refractivity contribution < 1.29 is 19.2 Å².